The van der Waals surface area contributed by atoms with E-state index in [-0.39, 0.29) is 17.9 Å². The van der Waals surface area contributed by atoms with Gasteiger partial charge in [0.2, 0.25) is 5.91 Å². The first-order valence-corrected chi connectivity index (χ1v) is 14.3. The van der Waals surface area contributed by atoms with Crippen molar-refractivity contribution in [3.8, 4) is 21.7 Å². The molecular weight excluding hydrogens is 510 g/mol. The zero-order chi connectivity index (χ0) is 27.8. The molecule has 1 amide bonds. The number of nitrogens with two attached hydrogens (primary N) is 1. The van der Waals surface area contributed by atoms with Crippen LogP contribution in [0, 0.1) is 18.8 Å². The Morgan fingerprint density at radius 2 is 1.74 bits per heavy atom. The van der Waals surface area contributed by atoms with Crippen LogP contribution in [0.15, 0.2) is 42.5 Å². The highest BCUT2D eigenvalue weighted by Gasteiger charge is 2.33. The second kappa shape index (κ2) is 10.8. The number of nitrogen functional groups attached to an aromatic ring is 1. The fraction of sp³-hybridized carbons (Fsp3) is 0.400. The van der Waals surface area contributed by atoms with Crippen molar-refractivity contribution in [3.63, 3.8) is 0 Å². The van der Waals surface area contributed by atoms with Crippen molar-refractivity contribution in [2.24, 2.45) is 11.8 Å². The summed E-state index contributed by atoms with van der Waals surface area (Å²) in [6.45, 7) is 8.14. The summed E-state index contributed by atoms with van der Waals surface area (Å²) >= 11 is 1.35. The lowest BCUT2D eigenvalue weighted by Crippen LogP contribution is -2.42. The Hall–Kier alpha value is -3.72. The van der Waals surface area contributed by atoms with Crippen molar-refractivity contribution in [2.45, 2.75) is 59.4 Å². The van der Waals surface area contributed by atoms with E-state index in [0.29, 0.717) is 27.9 Å². The maximum atomic E-state index is 13.7. The van der Waals surface area contributed by atoms with Gasteiger partial charge in [-0.15, -0.1) is 11.3 Å². The minimum absolute atomic E-state index is 0.0190. The highest BCUT2D eigenvalue weighted by molar-refractivity contribution is 7.18. The van der Waals surface area contributed by atoms with E-state index < -0.39 is 5.97 Å². The Balaban J connectivity index is 1.48. The first-order chi connectivity index (χ1) is 18.7. The topological polar surface area (TPSA) is 103 Å². The molecule has 9 heteroatoms. The number of aryl methyl sites for hydroxylation is 1. The van der Waals surface area contributed by atoms with Crippen LogP contribution in [0.25, 0.3) is 27.3 Å². The minimum Gasteiger partial charge on any atom is -0.465 e. The minimum atomic E-state index is -0.432. The van der Waals surface area contributed by atoms with Crippen LogP contribution >= 0.6 is 11.3 Å². The molecule has 5 rings (SSSR count). The molecule has 204 valence electrons. The van der Waals surface area contributed by atoms with Crippen molar-refractivity contribution >= 4 is 40.4 Å². The highest BCUT2D eigenvalue weighted by atomic mass is 32.1. The van der Waals surface area contributed by atoms with Crippen LogP contribution in [0.3, 0.4) is 0 Å². The number of methoxy groups -OCH3 is 1. The summed E-state index contributed by atoms with van der Waals surface area (Å²) in [6, 6.07) is 13.6. The average Bonchev–Trinajstić information content (AvgIpc) is 3.54. The number of hydrogen-bond donors (Lipinski definition) is 1. The van der Waals surface area contributed by atoms with Crippen LogP contribution in [-0.4, -0.2) is 39.6 Å². The van der Waals surface area contributed by atoms with Gasteiger partial charge < -0.3 is 15.4 Å². The molecule has 0 atom stereocenters. The molecule has 1 aliphatic rings. The van der Waals surface area contributed by atoms with Gasteiger partial charge in [0.1, 0.15) is 10.7 Å². The molecule has 0 bridgehead atoms. The van der Waals surface area contributed by atoms with Gasteiger partial charge in [-0.25, -0.2) is 9.78 Å². The Bertz CT molecular complexity index is 1510. The van der Waals surface area contributed by atoms with Gasteiger partial charge in [0.05, 0.1) is 18.5 Å². The van der Waals surface area contributed by atoms with Crippen LogP contribution in [0.5, 0.6) is 0 Å². The molecular formula is C30H35N5O3S. The molecule has 8 nitrogen and oxygen atoms in total. The van der Waals surface area contributed by atoms with E-state index in [1.165, 1.54) is 18.4 Å². The lowest BCUT2D eigenvalue weighted by atomic mass is 9.82. The van der Waals surface area contributed by atoms with Gasteiger partial charge in [0, 0.05) is 40.2 Å². The fourth-order valence-corrected chi connectivity index (χ4v) is 6.44. The van der Waals surface area contributed by atoms with Gasteiger partial charge >= 0.3 is 5.97 Å². The second-order valence-electron chi connectivity index (χ2n) is 10.8. The van der Waals surface area contributed by atoms with Gasteiger partial charge in [-0.05, 0) is 64.0 Å². The lowest BCUT2D eigenvalue weighted by molar-refractivity contribution is -0.123. The molecule has 1 aromatic carbocycles. The Kier molecular flexibility index (Phi) is 7.44. The van der Waals surface area contributed by atoms with E-state index in [4.69, 9.17) is 10.5 Å². The number of carbonyl (C=O) groups is 2. The van der Waals surface area contributed by atoms with Crippen molar-refractivity contribution in [1.29, 1.82) is 0 Å². The number of fused-ring (bicyclic) bond motifs is 1. The van der Waals surface area contributed by atoms with Crippen LogP contribution in [-0.2, 0) is 9.53 Å². The highest BCUT2D eigenvalue weighted by Crippen LogP contribution is 2.40. The van der Waals surface area contributed by atoms with Gasteiger partial charge in [-0.3, -0.25) is 4.79 Å². The van der Waals surface area contributed by atoms with Gasteiger partial charge in [-0.1, -0.05) is 31.2 Å². The summed E-state index contributed by atoms with van der Waals surface area (Å²) in [4.78, 5) is 34.2. The van der Waals surface area contributed by atoms with E-state index in [1.54, 1.807) is 15.5 Å². The smallest absolute Gasteiger partial charge is 0.350 e. The summed E-state index contributed by atoms with van der Waals surface area (Å²) in [5, 5.41) is 4.62. The van der Waals surface area contributed by atoms with Crippen molar-refractivity contribution in [1.82, 2.24) is 14.6 Å². The predicted octanol–water partition coefficient (Wildman–Crippen LogP) is 6.37. The zero-order valence-corrected chi connectivity index (χ0v) is 23.9. The fourth-order valence-electron chi connectivity index (χ4n) is 5.37. The number of hydrogen-bond acceptors (Lipinski definition) is 7. The molecule has 39 heavy (non-hydrogen) atoms. The third-order valence-electron chi connectivity index (χ3n) is 7.51. The largest absolute Gasteiger partial charge is 0.465 e. The third-order valence-corrected chi connectivity index (χ3v) is 8.66. The molecule has 3 heterocycles. The number of esters is 1. The molecule has 0 spiro atoms. The molecule has 0 radical (unpaired) electrons. The zero-order valence-electron chi connectivity index (χ0n) is 23.1. The SMILES string of the molecule is COC(=O)c1sc(-c2ccc(-c3cc4nc(C)cc(N)n4n3)cc2)cc1N(C(=O)C1CCC(C)CC1)C(C)C. The molecule has 0 unspecified atom stereocenters. The summed E-state index contributed by atoms with van der Waals surface area (Å²) < 4.78 is 6.76. The Morgan fingerprint density at radius 1 is 1.08 bits per heavy atom. The lowest BCUT2D eigenvalue weighted by Gasteiger charge is -2.33. The average molecular weight is 546 g/mol. The summed E-state index contributed by atoms with van der Waals surface area (Å²) in [7, 11) is 1.38. The number of rotatable bonds is 6. The maximum absolute atomic E-state index is 13.7. The molecule has 0 aliphatic heterocycles. The number of amides is 1. The molecule has 3 aromatic heterocycles. The molecule has 0 saturated heterocycles. The third kappa shape index (κ3) is 5.28. The number of nitrogens with zero attached hydrogens (tertiary/aromatic N) is 4. The summed E-state index contributed by atoms with van der Waals surface area (Å²) in [5.74, 6) is 0.833. The van der Waals surface area contributed by atoms with Crippen LogP contribution in [0.4, 0.5) is 11.5 Å². The summed E-state index contributed by atoms with van der Waals surface area (Å²) in [5.41, 5.74) is 10.9. The van der Waals surface area contributed by atoms with Crippen molar-refractivity contribution in [2.75, 3.05) is 17.7 Å². The quantitative estimate of drug-likeness (QED) is 0.283. The van der Waals surface area contributed by atoms with Crippen LogP contribution in [0.2, 0.25) is 0 Å². The maximum Gasteiger partial charge on any atom is 0.350 e. The molecule has 2 N–H and O–H groups in total. The van der Waals surface area contributed by atoms with Crippen LogP contribution < -0.4 is 10.6 Å². The van der Waals surface area contributed by atoms with E-state index in [1.807, 2.05) is 57.2 Å². The second-order valence-corrected chi connectivity index (χ2v) is 11.8. The van der Waals surface area contributed by atoms with E-state index in [0.717, 1.165) is 53.1 Å². The number of benzene rings is 1. The molecule has 4 aromatic rings. The van der Waals surface area contributed by atoms with Gasteiger partial charge in [-0.2, -0.15) is 9.61 Å². The monoisotopic (exact) mass is 545 g/mol. The molecule has 1 aliphatic carbocycles. The van der Waals surface area contributed by atoms with E-state index in [2.05, 4.69) is 17.0 Å². The summed E-state index contributed by atoms with van der Waals surface area (Å²) in [6.07, 6.45) is 3.89. The number of anilines is 2. The number of aromatic nitrogens is 3. The number of carbonyl (C=O) groups excluding carboxylic acids is 2. The molecule has 1 saturated carbocycles. The number of ether oxygens (including phenoxy) is 1. The Morgan fingerprint density at radius 3 is 2.38 bits per heavy atom. The van der Waals surface area contributed by atoms with Gasteiger partial charge in [0.25, 0.3) is 0 Å². The first kappa shape index (κ1) is 26.9. The predicted molar refractivity (Wildman–Crippen MR) is 156 cm³/mol. The normalized spacial score (nSPS) is 17.5. The van der Waals surface area contributed by atoms with Gasteiger partial charge in [0.15, 0.2) is 5.65 Å². The Labute approximate surface area is 232 Å². The first-order valence-electron chi connectivity index (χ1n) is 13.4. The van der Waals surface area contributed by atoms with E-state index in [9.17, 15) is 9.59 Å². The molecule has 1 fully saturated rings. The van der Waals surface area contributed by atoms with E-state index >= 15 is 0 Å². The standard InChI is InChI=1S/C30H35N5O3S/c1-17(2)34(29(36)22-8-6-18(3)7-9-22)24-16-25(39-28(24)30(37)38-5)21-12-10-20(11-13-21)23-15-27-32-19(4)14-26(31)35(27)33-23/h10-18,22H,6-9,31H2,1-5H3. The number of thiophene rings is 1. The van der Waals surface area contributed by atoms with Crippen LogP contribution in [0.1, 0.15) is 61.8 Å². The van der Waals surface area contributed by atoms with Crippen molar-refractivity contribution < 1.29 is 14.3 Å². The van der Waals surface area contributed by atoms with Crippen molar-refractivity contribution in [3.05, 3.63) is 53.0 Å².